The molecule has 0 heterocycles. The van der Waals surface area contributed by atoms with Crippen LogP contribution in [0, 0.1) is 18.3 Å². The lowest BCUT2D eigenvalue weighted by Gasteiger charge is -2.22. The number of nitrogens with zero attached hydrogens (tertiary/aromatic N) is 1. The first-order valence-electron chi connectivity index (χ1n) is 8.06. The first kappa shape index (κ1) is 17.8. The van der Waals surface area contributed by atoms with Crippen LogP contribution in [-0.2, 0) is 14.3 Å². The number of rotatable bonds is 6. The number of carbonyl (C=O) groups is 2. The summed E-state index contributed by atoms with van der Waals surface area (Å²) in [4.78, 5) is 23.8. The molecule has 1 aromatic carbocycles. The summed E-state index contributed by atoms with van der Waals surface area (Å²) in [7, 11) is 0. The Hall–Kier alpha value is -2.55. The Morgan fingerprint density at radius 2 is 2.08 bits per heavy atom. The van der Waals surface area contributed by atoms with Gasteiger partial charge < -0.3 is 14.8 Å². The first-order chi connectivity index (χ1) is 11.4. The molecule has 1 aliphatic carbocycles. The van der Waals surface area contributed by atoms with E-state index in [1.165, 1.54) is 0 Å². The zero-order valence-electron chi connectivity index (χ0n) is 14.0. The quantitative estimate of drug-likeness (QED) is 0.808. The van der Waals surface area contributed by atoms with E-state index < -0.39 is 30.1 Å². The number of nitriles is 1. The van der Waals surface area contributed by atoms with Crippen molar-refractivity contribution in [1.82, 2.24) is 5.32 Å². The number of ether oxygens (including phenoxy) is 2. The summed E-state index contributed by atoms with van der Waals surface area (Å²) in [5.41, 5.74) is 0.207. The van der Waals surface area contributed by atoms with Gasteiger partial charge >= 0.3 is 5.97 Å². The van der Waals surface area contributed by atoms with E-state index in [9.17, 15) is 14.9 Å². The van der Waals surface area contributed by atoms with E-state index in [1.54, 1.807) is 13.0 Å². The van der Waals surface area contributed by atoms with Gasteiger partial charge in [-0.3, -0.25) is 4.79 Å². The van der Waals surface area contributed by atoms with Crippen molar-refractivity contribution in [2.45, 2.75) is 51.2 Å². The van der Waals surface area contributed by atoms with Crippen molar-refractivity contribution in [3.05, 3.63) is 29.8 Å². The summed E-state index contributed by atoms with van der Waals surface area (Å²) in [6, 6.07) is 9.48. The van der Waals surface area contributed by atoms with Gasteiger partial charge in [-0.25, -0.2) is 4.79 Å². The van der Waals surface area contributed by atoms with E-state index in [1.807, 2.05) is 25.1 Å². The van der Waals surface area contributed by atoms with Gasteiger partial charge in [0.15, 0.2) is 12.7 Å². The molecule has 1 N–H and O–H groups in total. The molecule has 24 heavy (non-hydrogen) atoms. The van der Waals surface area contributed by atoms with Crippen molar-refractivity contribution in [2.75, 3.05) is 6.61 Å². The number of aryl methyl sites for hydroxylation is 1. The van der Waals surface area contributed by atoms with Crippen LogP contribution < -0.4 is 10.1 Å². The maximum Gasteiger partial charge on any atom is 0.347 e. The molecular weight excluding hydrogens is 308 g/mol. The first-order valence-corrected chi connectivity index (χ1v) is 8.06. The van der Waals surface area contributed by atoms with E-state index >= 15 is 0 Å². The third kappa shape index (κ3) is 4.72. The van der Waals surface area contributed by atoms with Gasteiger partial charge in [-0.2, -0.15) is 5.26 Å². The summed E-state index contributed by atoms with van der Waals surface area (Å²) in [6.07, 6.45) is 2.27. The molecule has 0 bridgehead atoms. The van der Waals surface area contributed by atoms with Crippen LogP contribution in [0.1, 0.15) is 38.2 Å². The fourth-order valence-corrected chi connectivity index (χ4v) is 2.74. The lowest BCUT2D eigenvalue weighted by molar-refractivity contribution is -0.155. The average molecular weight is 330 g/mol. The van der Waals surface area contributed by atoms with Crippen LogP contribution in [0.2, 0.25) is 0 Å². The molecule has 0 radical (unpaired) electrons. The van der Waals surface area contributed by atoms with Crippen LogP contribution in [0.4, 0.5) is 0 Å². The van der Waals surface area contributed by atoms with Gasteiger partial charge in [0, 0.05) is 0 Å². The molecule has 128 valence electrons. The van der Waals surface area contributed by atoms with Crippen molar-refractivity contribution >= 4 is 11.9 Å². The predicted octanol–water partition coefficient (Wildman–Crippen LogP) is 2.26. The van der Waals surface area contributed by atoms with E-state index in [2.05, 4.69) is 11.4 Å². The van der Waals surface area contributed by atoms with Crippen LogP contribution in [0.25, 0.3) is 0 Å². The number of benzene rings is 1. The molecule has 0 aliphatic heterocycles. The Morgan fingerprint density at radius 1 is 1.38 bits per heavy atom. The van der Waals surface area contributed by atoms with Crippen molar-refractivity contribution in [2.24, 2.45) is 0 Å². The SMILES string of the molecule is Cc1cccc(O[C@@H](C)C(=O)OCC(=O)NC2(C#N)CCCC2)c1. The minimum absolute atomic E-state index is 0.413. The van der Waals surface area contributed by atoms with Gasteiger partial charge in [0.2, 0.25) is 0 Å². The molecule has 1 saturated carbocycles. The Kier molecular flexibility index (Phi) is 5.80. The highest BCUT2D eigenvalue weighted by molar-refractivity contribution is 5.82. The van der Waals surface area contributed by atoms with Crippen molar-refractivity contribution in [3.63, 3.8) is 0 Å². The van der Waals surface area contributed by atoms with Gasteiger partial charge in [0.05, 0.1) is 6.07 Å². The molecule has 1 amide bonds. The van der Waals surface area contributed by atoms with Gasteiger partial charge in [0.1, 0.15) is 11.3 Å². The van der Waals surface area contributed by atoms with E-state index in [-0.39, 0.29) is 0 Å². The molecule has 0 spiro atoms. The van der Waals surface area contributed by atoms with Crippen LogP contribution >= 0.6 is 0 Å². The van der Waals surface area contributed by atoms with Crippen LogP contribution in [0.3, 0.4) is 0 Å². The number of carbonyl (C=O) groups excluding carboxylic acids is 2. The maximum absolute atomic E-state index is 11.9. The zero-order valence-corrected chi connectivity index (χ0v) is 14.0. The predicted molar refractivity (Wildman–Crippen MR) is 87.2 cm³/mol. The third-order valence-corrected chi connectivity index (χ3v) is 4.03. The summed E-state index contributed by atoms with van der Waals surface area (Å²) in [6.45, 7) is 3.08. The van der Waals surface area contributed by atoms with Crippen LogP contribution in [-0.4, -0.2) is 30.1 Å². The van der Waals surface area contributed by atoms with Crippen LogP contribution in [0.5, 0.6) is 5.75 Å². The molecule has 1 aliphatic rings. The molecule has 6 heteroatoms. The number of nitrogens with one attached hydrogen (secondary N) is 1. The fraction of sp³-hybridized carbons (Fsp3) is 0.500. The second-order valence-electron chi connectivity index (χ2n) is 6.13. The topological polar surface area (TPSA) is 88.4 Å². The molecule has 6 nitrogen and oxygen atoms in total. The normalized spacial score (nSPS) is 16.7. The molecule has 1 fully saturated rings. The minimum atomic E-state index is -0.823. The lowest BCUT2D eigenvalue weighted by atomic mass is 10.00. The highest BCUT2D eigenvalue weighted by atomic mass is 16.6. The number of esters is 1. The molecule has 0 unspecified atom stereocenters. The van der Waals surface area contributed by atoms with Gasteiger partial charge in [-0.15, -0.1) is 0 Å². The Bertz CT molecular complexity index is 645. The van der Waals surface area contributed by atoms with Gasteiger partial charge in [-0.05, 0) is 57.2 Å². The largest absolute Gasteiger partial charge is 0.479 e. The van der Waals surface area contributed by atoms with E-state index in [0.717, 1.165) is 18.4 Å². The standard InChI is InChI=1S/C18H22N2O4/c1-13-6-5-7-15(10-13)24-14(2)17(22)23-11-16(21)20-18(12-19)8-3-4-9-18/h5-7,10,14H,3-4,8-9,11H2,1-2H3,(H,20,21)/t14-/m0/s1. The summed E-state index contributed by atoms with van der Waals surface area (Å²) < 4.78 is 10.5. The minimum Gasteiger partial charge on any atom is -0.479 e. The van der Waals surface area contributed by atoms with Gasteiger partial charge in [0.25, 0.3) is 5.91 Å². The third-order valence-electron chi connectivity index (χ3n) is 4.03. The highest BCUT2D eigenvalue weighted by Crippen LogP contribution is 2.28. The zero-order chi connectivity index (χ0) is 17.6. The second kappa shape index (κ2) is 7.82. The summed E-state index contributed by atoms with van der Waals surface area (Å²) in [5.74, 6) is -0.517. The molecule has 0 saturated heterocycles. The molecule has 2 rings (SSSR count). The number of hydrogen-bond donors (Lipinski definition) is 1. The maximum atomic E-state index is 11.9. The van der Waals surface area contributed by atoms with Crippen molar-refractivity contribution in [3.8, 4) is 11.8 Å². The van der Waals surface area contributed by atoms with Gasteiger partial charge in [-0.1, -0.05) is 12.1 Å². The second-order valence-corrected chi connectivity index (χ2v) is 6.13. The molecule has 1 atom stereocenters. The van der Waals surface area contributed by atoms with Crippen molar-refractivity contribution in [1.29, 1.82) is 5.26 Å². The van der Waals surface area contributed by atoms with E-state index in [4.69, 9.17) is 9.47 Å². The molecule has 0 aromatic heterocycles. The molecular formula is C18H22N2O4. The summed E-state index contributed by atoms with van der Waals surface area (Å²) >= 11 is 0. The smallest absolute Gasteiger partial charge is 0.347 e. The number of amides is 1. The Labute approximate surface area is 141 Å². The van der Waals surface area contributed by atoms with Crippen molar-refractivity contribution < 1.29 is 19.1 Å². The van der Waals surface area contributed by atoms with Crippen LogP contribution in [0.15, 0.2) is 24.3 Å². The fourth-order valence-electron chi connectivity index (χ4n) is 2.74. The Morgan fingerprint density at radius 3 is 2.71 bits per heavy atom. The number of hydrogen-bond acceptors (Lipinski definition) is 5. The molecule has 1 aromatic rings. The Balaban J connectivity index is 1.79. The lowest BCUT2D eigenvalue weighted by Crippen LogP contribution is -2.47. The van der Waals surface area contributed by atoms with E-state index in [0.29, 0.717) is 18.6 Å². The monoisotopic (exact) mass is 330 g/mol. The average Bonchev–Trinajstić information content (AvgIpc) is 3.01. The summed E-state index contributed by atoms with van der Waals surface area (Å²) in [5, 5.41) is 11.9. The highest BCUT2D eigenvalue weighted by Gasteiger charge is 2.35.